The molecule has 0 unspecified atom stereocenters. The molecule has 23 heavy (non-hydrogen) atoms. The molecule has 5 heteroatoms. The molecule has 1 aliphatic rings. The van der Waals surface area contributed by atoms with Gasteiger partial charge in [-0.1, -0.05) is 42.4 Å². The van der Waals surface area contributed by atoms with Crippen LogP contribution >= 0.6 is 0 Å². The lowest BCUT2D eigenvalue weighted by atomic mass is 10.0. The Morgan fingerprint density at radius 1 is 1.22 bits per heavy atom. The van der Waals surface area contributed by atoms with Gasteiger partial charge in [0.05, 0.1) is 5.69 Å². The Hall–Kier alpha value is -2.14. The van der Waals surface area contributed by atoms with Crippen molar-refractivity contribution < 1.29 is 9.32 Å². The van der Waals surface area contributed by atoms with Crippen LogP contribution in [0.25, 0.3) is 0 Å². The van der Waals surface area contributed by atoms with Crippen LogP contribution in [0.4, 0.5) is 0 Å². The summed E-state index contributed by atoms with van der Waals surface area (Å²) in [4.78, 5) is 16.6. The van der Waals surface area contributed by atoms with E-state index in [1.165, 1.54) is 5.56 Å². The van der Waals surface area contributed by atoms with Gasteiger partial charge in [0, 0.05) is 38.8 Å². The molecular formula is C18H23N3O2. The van der Waals surface area contributed by atoms with Crippen molar-refractivity contribution in [3.8, 4) is 0 Å². The maximum atomic E-state index is 12.3. The van der Waals surface area contributed by atoms with Gasteiger partial charge in [0.2, 0.25) is 5.76 Å². The van der Waals surface area contributed by atoms with E-state index in [1.54, 1.807) is 6.07 Å². The molecular weight excluding hydrogens is 290 g/mol. The Labute approximate surface area is 136 Å². The minimum Gasteiger partial charge on any atom is -0.351 e. The molecule has 1 aromatic carbocycles. The minimum absolute atomic E-state index is 0.0543. The van der Waals surface area contributed by atoms with E-state index < -0.39 is 0 Å². The molecule has 122 valence electrons. The lowest BCUT2D eigenvalue weighted by molar-refractivity contribution is 0.0592. The number of piperazine rings is 1. The summed E-state index contributed by atoms with van der Waals surface area (Å²) in [6.07, 6.45) is 0. The van der Waals surface area contributed by atoms with Crippen molar-refractivity contribution in [2.24, 2.45) is 0 Å². The highest BCUT2D eigenvalue weighted by Crippen LogP contribution is 2.17. The highest BCUT2D eigenvalue weighted by atomic mass is 16.5. The number of amides is 1. The molecule has 0 saturated carbocycles. The number of carbonyl (C=O) groups excluding carboxylic acids is 1. The lowest BCUT2D eigenvalue weighted by Gasteiger charge is -2.35. The van der Waals surface area contributed by atoms with Crippen LogP contribution in [0.1, 0.15) is 34.7 Å². The largest absolute Gasteiger partial charge is 0.351 e. The average molecular weight is 313 g/mol. The third kappa shape index (κ3) is 3.79. The van der Waals surface area contributed by atoms with E-state index in [2.05, 4.69) is 41.2 Å². The molecule has 0 radical (unpaired) electrons. The first-order valence-electron chi connectivity index (χ1n) is 8.13. The summed E-state index contributed by atoms with van der Waals surface area (Å²) in [6.45, 7) is 8.37. The van der Waals surface area contributed by atoms with Gasteiger partial charge in [-0.2, -0.15) is 0 Å². The first kappa shape index (κ1) is 15.7. The van der Waals surface area contributed by atoms with Crippen LogP contribution < -0.4 is 0 Å². The summed E-state index contributed by atoms with van der Waals surface area (Å²) >= 11 is 0. The highest BCUT2D eigenvalue weighted by molar-refractivity contribution is 5.91. The number of hydrogen-bond acceptors (Lipinski definition) is 4. The summed E-state index contributed by atoms with van der Waals surface area (Å²) in [6, 6.07) is 12.3. The van der Waals surface area contributed by atoms with E-state index in [1.807, 2.05) is 17.9 Å². The van der Waals surface area contributed by atoms with Gasteiger partial charge in [0.15, 0.2) is 0 Å². The zero-order valence-electron chi connectivity index (χ0n) is 13.7. The Morgan fingerprint density at radius 3 is 2.52 bits per heavy atom. The van der Waals surface area contributed by atoms with E-state index in [4.69, 9.17) is 4.52 Å². The highest BCUT2D eigenvalue weighted by Gasteiger charge is 2.25. The lowest BCUT2D eigenvalue weighted by Crippen LogP contribution is -2.49. The summed E-state index contributed by atoms with van der Waals surface area (Å²) in [5.41, 5.74) is 2.10. The van der Waals surface area contributed by atoms with Gasteiger partial charge in [-0.25, -0.2) is 0 Å². The number of hydrogen-bond donors (Lipinski definition) is 0. The van der Waals surface area contributed by atoms with E-state index in [0.717, 1.165) is 38.4 Å². The molecule has 2 heterocycles. The Morgan fingerprint density at radius 2 is 1.91 bits per heavy atom. The third-order valence-electron chi connectivity index (χ3n) is 4.40. The van der Waals surface area contributed by atoms with Crippen LogP contribution in [0.5, 0.6) is 0 Å². The van der Waals surface area contributed by atoms with Crippen LogP contribution in [-0.2, 0) is 0 Å². The van der Waals surface area contributed by atoms with Crippen molar-refractivity contribution in [1.29, 1.82) is 0 Å². The number of rotatable bonds is 4. The van der Waals surface area contributed by atoms with E-state index in [0.29, 0.717) is 11.7 Å². The molecule has 1 saturated heterocycles. The fraction of sp³-hybridized carbons (Fsp3) is 0.444. The van der Waals surface area contributed by atoms with Gasteiger partial charge < -0.3 is 9.42 Å². The Balaban J connectivity index is 1.51. The first-order valence-corrected chi connectivity index (χ1v) is 8.13. The molecule has 1 atom stereocenters. The quantitative estimate of drug-likeness (QED) is 0.870. The van der Waals surface area contributed by atoms with Crippen LogP contribution in [-0.4, -0.2) is 53.6 Å². The van der Waals surface area contributed by atoms with Crippen molar-refractivity contribution in [2.45, 2.75) is 19.8 Å². The van der Waals surface area contributed by atoms with Crippen molar-refractivity contribution >= 4 is 5.91 Å². The molecule has 0 bridgehead atoms. The molecule has 0 aliphatic carbocycles. The fourth-order valence-electron chi connectivity index (χ4n) is 3.03. The van der Waals surface area contributed by atoms with Crippen LogP contribution in [0, 0.1) is 6.92 Å². The number of carbonyl (C=O) groups is 1. The first-order chi connectivity index (χ1) is 11.1. The van der Waals surface area contributed by atoms with Gasteiger partial charge in [-0.3, -0.25) is 9.69 Å². The zero-order valence-corrected chi connectivity index (χ0v) is 13.7. The van der Waals surface area contributed by atoms with Crippen LogP contribution in [0.3, 0.4) is 0 Å². The summed E-state index contributed by atoms with van der Waals surface area (Å²) in [5.74, 6) is 0.783. The molecule has 1 amide bonds. The third-order valence-corrected chi connectivity index (χ3v) is 4.40. The predicted octanol–water partition coefficient (Wildman–Crippen LogP) is 2.54. The normalized spacial score (nSPS) is 17.2. The molecule has 1 fully saturated rings. The second-order valence-electron chi connectivity index (χ2n) is 6.24. The summed E-state index contributed by atoms with van der Waals surface area (Å²) in [5, 5.41) is 3.79. The van der Waals surface area contributed by atoms with Gasteiger partial charge in [0.1, 0.15) is 0 Å². The predicted molar refractivity (Wildman–Crippen MR) is 88.4 cm³/mol. The van der Waals surface area contributed by atoms with Gasteiger partial charge >= 0.3 is 0 Å². The number of aromatic nitrogens is 1. The SMILES string of the molecule is Cc1cc(C(=O)N2CCN(C[C@@H](C)c3ccccc3)CC2)on1. The van der Waals surface area contributed by atoms with Crippen molar-refractivity contribution in [3.05, 3.63) is 53.4 Å². The molecule has 0 N–H and O–H groups in total. The van der Waals surface area contributed by atoms with Crippen LogP contribution in [0.2, 0.25) is 0 Å². The van der Waals surface area contributed by atoms with Gasteiger partial charge in [0.25, 0.3) is 5.91 Å². The molecule has 1 aliphatic heterocycles. The number of benzene rings is 1. The Kier molecular flexibility index (Phi) is 4.76. The fourth-order valence-corrected chi connectivity index (χ4v) is 3.03. The minimum atomic E-state index is -0.0543. The second-order valence-corrected chi connectivity index (χ2v) is 6.24. The van der Waals surface area contributed by atoms with E-state index >= 15 is 0 Å². The van der Waals surface area contributed by atoms with Gasteiger partial charge in [-0.15, -0.1) is 0 Å². The van der Waals surface area contributed by atoms with E-state index in [-0.39, 0.29) is 5.91 Å². The smallest absolute Gasteiger partial charge is 0.292 e. The number of aryl methyl sites for hydroxylation is 1. The monoisotopic (exact) mass is 313 g/mol. The summed E-state index contributed by atoms with van der Waals surface area (Å²) < 4.78 is 5.07. The maximum absolute atomic E-state index is 12.3. The zero-order chi connectivity index (χ0) is 16.2. The van der Waals surface area contributed by atoms with Crippen molar-refractivity contribution in [2.75, 3.05) is 32.7 Å². The van der Waals surface area contributed by atoms with Gasteiger partial charge in [-0.05, 0) is 18.4 Å². The van der Waals surface area contributed by atoms with E-state index in [9.17, 15) is 4.79 Å². The van der Waals surface area contributed by atoms with Crippen molar-refractivity contribution in [1.82, 2.24) is 15.0 Å². The average Bonchev–Trinajstić information content (AvgIpc) is 3.02. The molecule has 1 aromatic heterocycles. The number of nitrogens with zero attached hydrogens (tertiary/aromatic N) is 3. The molecule has 3 rings (SSSR count). The van der Waals surface area contributed by atoms with Crippen LogP contribution in [0.15, 0.2) is 40.9 Å². The Bertz CT molecular complexity index is 645. The second kappa shape index (κ2) is 6.96. The summed E-state index contributed by atoms with van der Waals surface area (Å²) in [7, 11) is 0. The molecule has 5 nitrogen and oxygen atoms in total. The maximum Gasteiger partial charge on any atom is 0.292 e. The topological polar surface area (TPSA) is 49.6 Å². The molecule has 2 aromatic rings. The molecule has 0 spiro atoms. The van der Waals surface area contributed by atoms with Crippen molar-refractivity contribution in [3.63, 3.8) is 0 Å². The standard InChI is InChI=1S/C18H23N3O2/c1-14(16-6-4-3-5-7-16)13-20-8-10-21(11-9-20)18(22)17-12-15(2)19-23-17/h3-7,12,14H,8-11,13H2,1-2H3/t14-/m1/s1.